The first-order valence-corrected chi connectivity index (χ1v) is 4.97. The summed E-state index contributed by atoms with van der Waals surface area (Å²) >= 11 is 0. The summed E-state index contributed by atoms with van der Waals surface area (Å²) in [6.45, 7) is 0.878. The van der Waals surface area contributed by atoms with Gasteiger partial charge < -0.3 is 10.6 Å². The molecule has 1 amide bonds. The Morgan fingerprint density at radius 2 is 2.07 bits per heavy atom. The number of nitrogen functional groups attached to an aromatic ring is 1. The van der Waals surface area contributed by atoms with Crippen molar-refractivity contribution < 1.29 is 4.79 Å². The Bertz CT molecular complexity index is 426. The molecule has 2 heterocycles. The summed E-state index contributed by atoms with van der Waals surface area (Å²) in [5.41, 5.74) is 10.1. The fourth-order valence-corrected chi connectivity index (χ4v) is 2.51. The van der Waals surface area contributed by atoms with E-state index in [9.17, 15) is 4.79 Å². The summed E-state index contributed by atoms with van der Waals surface area (Å²) in [6, 6.07) is 3.94. The monoisotopic (exact) mass is 188 g/mol. The van der Waals surface area contributed by atoms with Crippen molar-refractivity contribution in [2.75, 3.05) is 17.2 Å². The Labute approximate surface area is 82.5 Å². The van der Waals surface area contributed by atoms with Crippen LogP contribution >= 0.6 is 0 Å². The lowest BCUT2D eigenvalue weighted by molar-refractivity contribution is -0.117. The SMILES string of the molecule is Nc1cc2c3c(c1)CC(=O)N3CCC2. The molecular formula is C11H12N2O. The van der Waals surface area contributed by atoms with Crippen LogP contribution in [-0.4, -0.2) is 12.5 Å². The van der Waals surface area contributed by atoms with Crippen LogP contribution in [0.4, 0.5) is 11.4 Å². The Balaban J connectivity index is 2.26. The van der Waals surface area contributed by atoms with E-state index in [0.29, 0.717) is 6.42 Å². The molecule has 0 spiro atoms. The quantitative estimate of drug-likeness (QED) is 0.620. The van der Waals surface area contributed by atoms with Crippen molar-refractivity contribution in [3.8, 4) is 0 Å². The summed E-state index contributed by atoms with van der Waals surface area (Å²) in [4.78, 5) is 13.6. The van der Waals surface area contributed by atoms with Gasteiger partial charge in [-0.3, -0.25) is 4.79 Å². The van der Waals surface area contributed by atoms with Crippen LogP contribution in [0.5, 0.6) is 0 Å². The molecule has 0 atom stereocenters. The Morgan fingerprint density at radius 1 is 1.29 bits per heavy atom. The molecule has 1 aromatic rings. The molecule has 3 nitrogen and oxygen atoms in total. The molecule has 0 aliphatic carbocycles. The van der Waals surface area contributed by atoms with Gasteiger partial charge in [0.1, 0.15) is 0 Å². The van der Waals surface area contributed by atoms with Crippen molar-refractivity contribution in [2.24, 2.45) is 0 Å². The van der Waals surface area contributed by atoms with Crippen molar-refractivity contribution in [1.29, 1.82) is 0 Å². The number of rotatable bonds is 0. The molecule has 0 unspecified atom stereocenters. The van der Waals surface area contributed by atoms with Crippen molar-refractivity contribution in [2.45, 2.75) is 19.3 Å². The number of hydrogen-bond donors (Lipinski definition) is 1. The number of nitrogens with zero attached hydrogens (tertiary/aromatic N) is 1. The topological polar surface area (TPSA) is 46.3 Å². The standard InChI is InChI=1S/C11H12N2O/c12-9-4-7-2-1-3-13-10(14)6-8(5-9)11(7)13/h4-5H,1-3,6,12H2. The van der Waals surface area contributed by atoms with Crippen LogP contribution < -0.4 is 10.6 Å². The second-order valence-electron chi connectivity index (χ2n) is 4.01. The summed E-state index contributed by atoms with van der Waals surface area (Å²) in [7, 11) is 0. The molecular weight excluding hydrogens is 176 g/mol. The molecule has 1 aromatic carbocycles. The summed E-state index contributed by atoms with van der Waals surface area (Å²) in [5.74, 6) is 0.228. The minimum Gasteiger partial charge on any atom is -0.399 e. The second-order valence-corrected chi connectivity index (χ2v) is 4.01. The largest absolute Gasteiger partial charge is 0.399 e. The van der Waals surface area contributed by atoms with Crippen LogP contribution in [0.1, 0.15) is 17.5 Å². The molecule has 0 saturated carbocycles. The van der Waals surface area contributed by atoms with Crippen molar-refractivity contribution in [3.63, 3.8) is 0 Å². The highest BCUT2D eigenvalue weighted by Gasteiger charge is 2.31. The third kappa shape index (κ3) is 0.895. The third-order valence-electron chi connectivity index (χ3n) is 3.03. The van der Waals surface area contributed by atoms with E-state index in [4.69, 9.17) is 5.73 Å². The van der Waals surface area contributed by atoms with E-state index < -0.39 is 0 Å². The van der Waals surface area contributed by atoms with E-state index in [1.54, 1.807) is 0 Å². The lowest BCUT2D eigenvalue weighted by Gasteiger charge is -2.25. The maximum Gasteiger partial charge on any atom is 0.231 e. The normalized spacial score (nSPS) is 18.6. The predicted octanol–water partition coefficient (Wildman–Crippen LogP) is 1.10. The van der Waals surface area contributed by atoms with Gasteiger partial charge in [0.2, 0.25) is 5.91 Å². The highest BCUT2D eigenvalue weighted by molar-refractivity contribution is 6.03. The molecule has 14 heavy (non-hydrogen) atoms. The van der Waals surface area contributed by atoms with Gasteiger partial charge in [-0.15, -0.1) is 0 Å². The smallest absolute Gasteiger partial charge is 0.231 e. The Kier molecular flexibility index (Phi) is 1.40. The van der Waals surface area contributed by atoms with Crippen LogP contribution in [0.3, 0.4) is 0 Å². The summed E-state index contributed by atoms with van der Waals surface area (Å²) in [6.07, 6.45) is 2.64. The first kappa shape index (κ1) is 7.85. The first-order valence-electron chi connectivity index (χ1n) is 4.97. The fourth-order valence-electron chi connectivity index (χ4n) is 2.51. The van der Waals surface area contributed by atoms with Crippen molar-refractivity contribution in [3.05, 3.63) is 23.3 Å². The Hall–Kier alpha value is -1.51. The van der Waals surface area contributed by atoms with Gasteiger partial charge in [0.15, 0.2) is 0 Å². The van der Waals surface area contributed by atoms with Gasteiger partial charge in [-0.05, 0) is 36.1 Å². The molecule has 0 radical (unpaired) electrons. The van der Waals surface area contributed by atoms with Crippen LogP contribution in [0, 0.1) is 0 Å². The fraction of sp³-hybridized carbons (Fsp3) is 0.364. The molecule has 2 N–H and O–H groups in total. The zero-order valence-corrected chi connectivity index (χ0v) is 7.92. The van der Waals surface area contributed by atoms with Crippen LogP contribution in [0.2, 0.25) is 0 Å². The predicted molar refractivity (Wildman–Crippen MR) is 55.2 cm³/mol. The van der Waals surface area contributed by atoms with Gasteiger partial charge in [0.25, 0.3) is 0 Å². The van der Waals surface area contributed by atoms with Gasteiger partial charge in [-0.2, -0.15) is 0 Å². The van der Waals surface area contributed by atoms with E-state index in [2.05, 4.69) is 0 Å². The molecule has 0 bridgehead atoms. The summed E-state index contributed by atoms with van der Waals surface area (Å²) < 4.78 is 0. The average molecular weight is 188 g/mol. The second kappa shape index (κ2) is 2.50. The van der Waals surface area contributed by atoms with Gasteiger partial charge in [0, 0.05) is 12.2 Å². The highest BCUT2D eigenvalue weighted by atomic mass is 16.2. The molecule has 0 fully saturated rings. The summed E-state index contributed by atoms with van der Waals surface area (Å²) in [5, 5.41) is 0. The number of benzene rings is 1. The van der Waals surface area contributed by atoms with Gasteiger partial charge >= 0.3 is 0 Å². The average Bonchev–Trinajstić information content (AvgIpc) is 2.45. The van der Waals surface area contributed by atoms with Crippen LogP contribution in [-0.2, 0) is 17.6 Å². The van der Waals surface area contributed by atoms with E-state index in [0.717, 1.165) is 36.3 Å². The van der Waals surface area contributed by atoms with Crippen LogP contribution in [0.25, 0.3) is 0 Å². The number of anilines is 2. The first-order chi connectivity index (χ1) is 6.75. The van der Waals surface area contributed by atoms with E-state index in [1.807, 2.05) is 17.0 Å². The zero-order chi connectivity index (χ0) is 9.71. The number of carbonyl (C=O) groups excluding carboxylic acids is 1. The maximum absolute atomic E-state index is 11.6. The van der Waals surface area contributed by atoms with Crippen molar-refractivity contribution in [1.82, 2.24) is 0 Å². The minimum atomic E-state index is 0.228. The zero-order valence-electron chi connectivity index (χ0n) is 7.92. The van der Waals surface area contributed by atoms with Crippen LogP contribution in [0.15, 0.2) is 12.1 Å². The van der Waals surface area contributed by atoms with Crippen molar-refractivity contribution >= 4 is 17.3 Å². The highest BCUT2D eigenvalue weighted by Crippen LogP contribution is 2.37. The van der Waals surface area contributed by atoms with Gasteiger partial charge in [-0.1, -0.05) is 0 Å². The lowest BCUT2D eigenvalue weighted by Crippen LogP contribution is -2.31. The van der Waals surface area contributed by atoms with Gasteiger partial charge in [0.05, 0.1) is 12.1 Å². The number of carbonyl (C=O) groups is 1. The number of aryl methyl sites for hydroxylation is 1. The molecule has 2 aliphatic rings. The molecule has 2 aliphatic heterocycles. The molecule has 0 saturated heterocycles. The van der Waals surface area contributed by atoms with E-state index in [-0.39, 0.29) is 5.91 Å². The van der Waals surface area contributed by atoms with E-state index in [1.165, 1.54) is 5.56 Å². The molecule has 72 valence electrons. The molecule has 3 heteroatoms. The lowest BCUT2D eigenvalue weighted by atomic mass is 9.99. The molecule has 3 rings (SSSR count). The van der Waals surface area contributed by atoms with E-state index >= 15 is 0 Å². The third-order valence-corrected chi connectivity index (χ3v) is 3.03. The Morgan fingerprint density at radius 3 is 2.93 bits per heavy atom. The maximum atomic E-state index is 11.6. The number of nitrogens with two attached hydrogens (primary N) is 1. The minimum absolute atomic E-state index is 0.228. The number of hydrogen-bond acceptors (Lipinski definition) is 2. The molecule has 0 aromatic heterocycles. The number of amides is 1. The van der Waals surface area contributed by atoms with Gasteiger partial charge in [-0.25, -0.2) is 0 Å².